The Morgan fingerprint density at radius 1 is 1.08 bits per heavy atom. The lowest BCUT2D eigenvalue weighted by Crippen LogP contribution is -1.95. The van der Waals surface area contributed by atoms with E-state index in [-0.39, 0.29) is 0 Å². The van der Waals surface area contributed by atoms with E-state index in [0.29, 0.717) is 0 Å². The number of benzene rings is 1. The molecule has 0 amide bonds. The van der Waals surface area contributed by atoms with Crippen molar-refractivity contribution >= 4 is 26.8 Å². The van der Waals surface area contributed by atoms with Crippen LogP contribution >= 0.6 is 15.9 Å². The van der Waals surface area contributed by atoms with Gasteiger partial charge in [-0.3, -0.25) is 14.6 Å². The monoisotopic (exact) mass is 404 g/mol. The third-order valence-electron chi connectivity index (χ3n) is 4.96. The molecule has 1 aliphatic heterocycles. The minimum atomic E-state index is 0.932. The van der Waals surface area contributed by atoms with Gasteiger partial charge in [-0.05, 0) is 65.5 Å². The van der Waals surface area contributed by atoms with Gasteiger partial charge in [0.05, 0.1) is 11.2 Å². The molecule has 0 spiro atoms. The number of para-hydroxylation sites is 1. The molecule has 5 heteroatoms. The van der Waals surface area contributed by atoms with Crippen molar-refractivity contribution in [2.24, 2.45) is 0 Å². The van der Waals surface area contributed by atoms with Crippen molar-refractivity contribution in [2.45, 2.75) is 26.3 Å². The predicted molar refractivity (Wildman–Crippen MR) is 107 cm³/mol. The summed E-state index contributed by atoms with van der Waals surface area (Å²) in [5.74, 6) is 0. The predicted octanol–water partition coefficient (Wildman–Crippen LogP) is 5.18. The largest absolute Gasteiger partial charge is 0.268 e. The van der Waals surface area contributed by atoms with E-state index in [0.717, 1.165) is 51.8 Å². The van der Waals surface area contributed by atoms with Gasteiger partial charge in [0.25, 0.3) is 0 Å². The lowest BCUT2D eigenvalue weighted by molar-refractivity contribution is 0.658. The van der Waals surface area contributed by atoms with Crippen LogP contribution in [0.25, 0.3) is 33.4 Å². The molecule has 1 aromatic carbocycles. The molecule has 26 heavy (non-hydrogen) atoms. The van der Waals surface area contributed by atoms with Crippen molar-refractivity contribution in [3.63, 3.8) is 0 Å². The van der Waals surface area contributed by atoms with Gasteiger partial charge in [-0.1, -0.05) is 18.2 Å². The fraction of sp³-hybridized carbons (Fsp3) is 0.190. The Labute approximate surface area is 160 Å². The maximum Gasteiger partial charge on any atom is 0.119 e. The zero-order valence-corrected chi connectivity index (χ0v) is 16.0. The Hall–Kier alpha value is -2.53. The van der Waals surface area contributed by atoms with Gasteiger partial charge in [0, 0.05) is 39.6 Å². The molecule has 0 saturated heterocycles. The Kier molecular flexibility index (Phi) is 3.64. The van der Waals surface area contributed by atoms with Crippen LogP contribution in [0.2, 0.25) is 0 Å². The zero-order valence-electron chi connectivity index (χ0n) is 14.4. The van der Waals surface area contributed by atoms with Crippen molar-refractivity contribution in [3.8, 4) is 22.5 Å². The van der Waals surface area contributed by atoms with Gasteiger partial charge in [0.15, 0.2) is 0 Å². The molecule has 5 rings (SSSR count). The van der Waals surface area contributed by atoms with Crippen molar-refractivity contribution in [1.29, 1.82) is 0 Å². The molecule has 4 heterocycles. The Bertz CT molecular complexity index is 1150. The molecule has 0 bridgehead atoms. The minimum Gasteiger partial charge on any atom is -0.268 e. The number of fused-ring (bicyclic) bond motifs is 2. The topological polar surface area (TPSA) is 43.6 Å². The van der Waals surface area contributed by atoms with E-state index in [1.807, 2.05) is 37.4 Å². The van der Waals surface area contributed by atoms with E-state index in [1.54, 1.807) is 0 Å². The zero-order chi connectivity index (χ0) is 17.7. The molecule has 3 aromatic heterocycles. The average Bonchev–Trinajstić information content (AvgIpc) is 3.23. The summed E-state index contributed by atoms with van der Waals surface area (Å²) >= 11 is 3.63. The van der Waals surface area contributed by atoms with Crippen LogP contribution in [0.3, 0.4) is 0 Å². The van der Waals surface area contributed by atoms with E-state index < -0.39 is 0 Å². The number of halogens is 1. The summed E-state index contributed by atoms with van der Waals surface area (Å²) in [6, 6.07) is 14.4. The molecular weight excluding hydrogens is 388 g/mol. The summed E-state index contributed by atoms with van der Waals surface area (Å²) in [5, 5.41) is 6.07. The fourth-order valence-electron chi connectivity index (χ4n) is 3.83. The standard InChI is InChI=1S/C21H17BrN4/c1-13-5-2-8-17(24-13)21-19(18-9-4-12-26(18)25-21)14-10-11-23-20-15(14)6-3-7-16(20)22/h2-3,5-8,10-11H,4,9,12H2,1H3. The molecule has 4 nitrogen and oxygen atoms in total. The smallest absolute Gasteiger partial charge is 0.119 e. The third kappa shape index (κ3) is 2.38. The second kappa shape index (κ2) is 6.02. The number of hydrogen-bond donors (Lipinski definition) is 0. The molecule has 0 N–H and O–H groups in total. The van der Waals surface area contributed by atoms with Crippen LogP contribution < -0.4 is 0 Å². The third-order valence-corrected chi connectivity index (χ3v) is 5.60. The van der Waals surface area contributed by atoms with Gasteiger partial charge in [-0.15, -0.1) is 0 Å². The van der Waals surface area contributed by atoms with E-state index in [4.69, 9.17) is 10.1 Å². The van der Waals surface area contributed by atoms with Crippen molar-refractivity contribution in [2.75, 3.05) is 0 Å². The lowest BCUT2D eigenvalue weighted by Gasteiger charge is -2.10. The number of aromatic nitrogens is 4. The Morgan fingerprint density at radius 3 is 2.85 bits per heavy atom. The highest BCUT2D eigenvalue weighted by Crippen LogP contribution is 2.40. The normalized spacial score (nSPS) is 13.3. The van der Waals surface area contributed by atoms with Gasteiger partial charge >= 0.3 is 0 Å². The number of pyridine rings is 2. The quantitative estimate of drug-likeness (QED) is 0.462. The summed E-state index contributed by atoms with van der Waals surface area (Å²) < 4.78 is 3.16. The Balaban J connectivity index is 1.84. The SMILES string of the molecule is Cc1cccc(-c2nn3c(c2-c2ccnc4c(Br)cccc24)CCC3)n1. The van der Waals surface area contributed by atoms with Crippen LogP contribution in [-0.4, -0.2) is 19.7 Å². The molecule has 0 atom stereocenters. The lowest BCUT2D eigenvalue weighted by atomic mass is 9.96. The van der Waals surface area contributed by atoms with Crippen LogP contribution in [-0.2, 0) is 13.0 Å². The van der Waals surface area contributed by atoms with Crippen molar-refractivity contribution in [3.05, 3.63) is 64.5 Å². The van der Waals surface area contributed by atoms with E-state index >= 15 is 0 Å². The summed E-state index contributed by atoms with van der Waals surface area (Å²) in [5.41, 5.74) is 7.56. The second-order valence-corrected chi connectivity index (χ2v) is 7.51. The highest BCUT2D eigenvalue weighted by Gasteiger charge is 2.25. The molecule has 0 aliphatic carbocycles. The van der Waals surface area contributed by atoms with Gasteiger partial charge in [-0.2, -0.15) is 5.10 Å². The van der Waals surface area contributed by atoms with Crippen LogP contribution in [0.15, 0.2) is 53.1 Å². The molecular formula is C21H17BrN4. The van der Waals surface area contributed by atoms with E-state index in [9.17, 15) is 0 Å². The van der Waals surface area contributed by atoms with Crippen LogP contribution in [0, 0.1) is 6.92 Å². The fourth-order valence-corrected chi connectivity index (χ4v) is 4.30. The van der Waals surface area contributed by atoms with Crippen molar-refractivity contribution < 1.29 is 0 Å². The van der Waals surface area contributed by atoms with Gasteiger partial charge in [0.2, 0.25) is 0 Å². The average molecular weight is 405 g/mol. The maximum absolute atomic E-state index is 4.93. The molecule has 1 aliphatic rings. The van der Waals surface area contributed by atoms with E-state index in [2.05, 4.69) is 43.8 Å². The summed E-state index contributed by atoms with van der Waals surface area (Å²) in [6.45, 7) is 2.99. The maximum atomic E-state index is 4.93. The number of nitrogens with zero attached hydrogens (tertiary/aromatic N) is 4. The number of aryl methyl sites for hydroxylation is 2. The number of rotatable bonds is 2. The van der Waals surface area contributed by atoms with Crippen LogP contribution in [0.1, 0.15) is 17.8 Å². The molecule has 0 radical (unpaired) electrons. The summed E-state index contributed by atoms with van der Waals surface area (Å²) in [7, 11) is 0. The summed E-state index contributed by atoms with van der Waals surface area (Å²) in [6.07, 6.45) is 4.07. The Morgan fingerprint density at radius 2 is 1.96 bits per heavy atom. The molecule has 0 unspecified atom stereocenters. The first kappa shape index (κ1) is 15.7. The second-order valence-electron chi connectivity index (χ2n) is 6.66. The molecule has 4 aromatic rings. The first-order chi connectivity index (χ1) is 12.7. The molecule has 0 fully saturated rings. The van der Waals surface area contributed by atoms with Crippen molar-refractivity contribution in [1.82, 2.24) is 19.7 Å². The molecule has 0 saturated carbocycles. The van der Waals surface area contributed by atoms with Gasteiger partial charge in [-0.25, -0.2) is 0 Å². The first-order valence-corrected chi connectivity index (χ1v) is 9.59. The minimum absolute atomic E-state index is 0.932. The summed E-state index contributed by atoms with van der Waals surface area (Å²) in [4.78, 5) is 9.31. The van der Waals surface area contributed by atoms with Gasteiger partial charge < -0.3 is 0 Å². The highest BCUT2D eigenvalue weighted by atomic mass is 79.9. The van der Waals surface area contributed by atoms with Crippen LogP contribution in [0.4, 0.5) is 0 Å². The van der Waals surface area contributed by atoms with E-state index in [1.165, 1.54) is 16.8 Å². The highest BCUT2D eigenvalue weighted by molar-refractivity contribution is 9.10. The van der Waals surface area contributed by atoms with Gasteiger partial charge in [0.1, 0.15) is 5.69 Å². The number of hydrogen-bond acceptors (Lipinski definition) is 3. The molecule has 128 valence electrons. The van der Waals surface area contributed by atoms with Crippen LogP contribution in [0.5, 0.6) is 0 Å². The first-order valence-electron chi connectivity index (χ1n) is 8.80.